The summed E-state index contributed by atoms with van der Waals surface area (Å²) in [5.74, 6) is 0.0333. The zero-order valence-electron chi connectivity index (χ0n) is 6.32. The van der Waals surface area contributed by atoms with Gasteiger partial charge in [-0.15, -0.1) is 0 Å². The summed E-state index contributed by atoms with van der Waals surface area (Å²) in [7, 11) is 0. The average Bonchev–Trinajstić information content (AvgIpc) is 2.58. The standard InChI is InChI=1S/C8H12O3/c9-8(10)7(5-1-2-5)6-3-11-4-6/h5-7H,1-4H2,(H,9,10). The Morgan fingerprint density at radius 1 is 1.36 bits per heavy atom. The van der Waals surface area contributed by atoms with Crippen LogP contribution in [0.4, 0.5) is 0 Å². The largest absolute Gasteiger partial charge is 0.481 e. The van der Waals surface area contributed by atoms with Crippen molar-refractivity contribution in [2.24, 2.45) is 17.8 Å². The molecule has 1 aliphatic carbocycles. The van der Waals surface area contributed by atoms with Crippen LogP contribution in [0.5, 0.6) is 0 Å². The summed E-state index contributed by atoms with van der Waals surface area (Å²) in [4.78, 5) is 10.8. The molecule has 0 aromatic heterocycles. The number of hydrogen-bond donors (Lipinski definition) is 1. The SMILES string of the molecule is O=C(O)C(C1CC1)C1COC1. The molecule has 3 nitrogen and oxygen atoms in total. The molecule has 1 saturated heterocycles. The van der Waals surface area contributed by atoms with Gasteiger partial charge >= 0.3 is 5.97 Å². The van der Waals surface area contributed by atoms with Crippen LogP contribution < -0.4 is 0 Å². The van der Waals surface area contributed by atoms with E-state index in [1.807, 2.05) is 0 Å². The van der Waals surface area contributed by atoms with Crippen LogP contribution in [0.1, 0.15) is 12.8 Å². The third kappa shape index (κ3) is 1.25. The van der Waals surface area contributed by atoms with E-state index in [-0.39, 0.29) is 5.92 Å². The van der Waals surface area contributed by atoms with E-state index in [4.69, 9.17) is 9.84 Å². The van der Waals surface area contributed by atoms with Crippen molar-refractivity contribution in [3.63, 3.8) is 0 Å². The molecule has 1 saturated carbocycles. The van der Waals surface area contributed by atoms with Crippen molar-refractivity contribution in [3.05, 3.63) is 0 Å². The molecular weight excluding hydrogens is 144 g/mol. The summed E-state index contributed by atoms with van der Waals surface area (Å²) >= 11 is 0. The van der Waals surface area contributed by atoms with E-state index in [2.05, 4.69) is 0 Å². The normalized spacial score (nSPS) is 27.6. The molecule has 0 spiro atoms. The van der Waals surface area contributed by atoms with Crippen molar-refractivity contribution < 1.29 is 14.6 Å². The molecule has 1 heterocycles. The Kier molecular flexibility index (Phi) is 1.60. The minimum absolute atomic E-state index is 0.108. The molecule has 1 unspecified atom stereocenters. The van der Waals surface area contributed by atoms with Gasteiger partial charge in [0.25, 0.3) is 0 Å². The van der Waals surface area contributed by atoms with E-state index in [9.17, 15) is 4.79 Å². The van der Waals surface area contributed by atoms with Gasteiger partial charge in [0.05, 0.1) is 19.1 Å². The number of aliphatic carboxylic acids is 1. The van der Waals surface area contributed by atoms with Crippen LogP contribution in [-0.4, -0.2) is 24.3 Å². The first-order valence-electron chi connectivity index (χ1n) is 4.09. The highest BCUT2D eigenvalue weighted by Crippen LogP contribution is 2.42. The van der Waals surface area contributed by atoms with E-state index in [0.29, 0.717) is 25.0 Å². The molecule has 2 fully saturated rings. The van der Waals surface area contributed by atoms with E-state index in [1.165, 1.54) is 0 Å². The summed E-state index contributed by atoms with van der Waals surface area (Å²) in [6.07, 6.45) is 2.21. The van der Waals surface area contributed by atoms with Crippen molar-refractivity contribution >= 4 is 5.97 Å². The second kappa shape index (κ2) is 2.48. The highest BCUT2D eigenvalue weighted by Gasteiger charge is 2.43. The van der Waals surface area contributed by atoms with Gasteiger partial charge in [-0.2, -0.15) is 0 Å². The first kappa shape index (κ1) is 7.10. The summed E-state index contributed by atoms with van der Waals surface area (Å²) in [6.45, 7) is 1.32. The number of carbonyl (C=O) groups is 1. The molecule has 3 heteroatoms. The van der Waals surface area contributed by atoms with Crippen molar-refractivity contribution in [3.8, 4) is 0 Å². The third-order valence-electron chi connectivity index (χ3n) is 2.59. The van der Waals surface area contributed by atoms with Crippen LogP contribution in [0.2, 0.25) is 0 Å². The fourth-order valence-corrected chi connectivity index (χ4v) is 1.70. The molecule has 0 aromatic carbocycles. The molecule has 0 aromatic rings. The van der Waals surface area contributed by atoms with Crippen molar-refractivity contribution in [1.82, 2.24) is 0 Å². The lowest BCUT2D eigenvalue weighted by atomic mass is 9.87. The Morgan fingerprint density at radius 2 is 2.00 bits per heavy atom. The molecule has 0 bridgehead atoms. The van der Waals surface area contributed by atoms with Crippen LogP contribution >= 0.6 is 0 Å². The molecule has 1 N–H and O–H groups in total. The Bertz CT molecular complexity index is 170. The molecule has 11 heavy (non-hydrogen) atoms. The van der Waals surface area contributed by atoms with E-state index >= 15 is 0 Å². The van der Waals surface area contributed by atoms with Gasteiger partial charge in [-0.1, -0.05) is 0 Å². The van der Waals surface area contributed by atoms with Crippen LogP contribution in [0.25, 0.3) is 0 Å². The summed E-state index contributed by atoms with van der Waals surface area (Å²) in [6, 6.07) is 0. The van der Waals surface area contributed by atoms with E-state index in [0.717, 1.165) is 12.8 Å². The lowest BCUT2D eigenvalue weighted by Crippen LogP contribution is -2.39. The second-order valence-corrected chi connectivity index (χ2v) is 3.50. The van der Waals surface area contributed by atoms with Gasteiger partial charge < -0.3 is 9.84 Å². The predicted octanol–water partition coefficient (Wildman–Crippen LogP) is 0.744. The molecule has 1 aliphatic heterocycles. The molecule has 62 valence electrons. The number of carboxylic acids is 1. The zero-order chi connectivity index (χ0) is 7.84. The Hall–Kier alpha value is -0.570. The quantitative estimate of drug-likeness (QED) is 0.655. The molecule has 0 radical (unpaired) electrons. The fourth-order valence-electron chi connectivity index (χ4n) is 1.70. The monoisotopic (exact) mass is 156 g/mol. The first-order chi connectivity index (χ1) is 5.29. The Balaban J connectivity index is 1.96. The highest BCUT2D eigenvalue weighted by molar-refractivity contribution is 5.71. The first-order valence-corrected chi connectivity index (χ1v) is 4.09. The number of rotatable bonds is 3. The fraction of sp³-hybridized carbons (Fsp3) is 0.875. The summed E-state index contributed by atoms with van der Waals surface area (Å²) < 4.78 is 4.98. The van der Waals surface area contributed by atoms with Gasteiger partial charge in [-0.3, -0.25) is 4.79 Å². The summed E-state index contributed by atoms with van der Waals surface area (Å²) in [5.41, 5.74) is 0. The summed E-state index contributed by atoms with van der Waals surface area (Å²) in [5, 5.41) is 8.86. The maximum Gasteiger partial charge on any atom is 0.307 e. The smallest absolute Gasteiger partial charge is 0.307 e. The van der Waals surface area contributed by atoms with Gasteiger partial charge in [-0.25, -0.2) is 0 Å². The Morgan fingerprint density at radius 3 is 2.27 bits per heavy atom. The third-order valence-corrected chi connectivity index (χ3v) is 2.59. The maximum absolute atomic E-state index is 10.8. The van der Waals surface area contributed by atoms with Gasteiger partial charge in [0.15, 0.2) is 0 Å². The Labute approximate surface area is 65.4 Å². The zero-order valence-corrected chi connectivity index (χ0v) is 6.32. The van der Waals surface area contributed by atoms with Crippen LogP contribution in [0.3, 0.4) is 0 Å². The number of carboxylic acid groups (broad SMARTS) is 1. The second-order valence-electron chi connectivity index (χ2n) is 3.50. The van der Waals surface area contributed by atoms with E-state index in [1.54, 1.807) is 0 Å². The van der Waals surface area contributed by atoms with Crippen LogP contribution in [0, 0.1) is 17.8 Å². The van der Waals surface area contributed by atoms with Crippen molar-refractivity contribution in [2.45, 2.75) is 12.8 Å². The van der Waals surface area contributed by atoms with Crippen molar-refractivity contribution in [2.75, 3.05) is 13.2 Å². The molecule has 0 amide bonds. The van der Waals surface area contributed by atoms with Crippen LogP contribution in [-0.2, 0) is 9.53 Å². The lowest BCUT2D eigenvalue weighted by molar-refractivity contribution is -0.153. The average molecular weight is 156 g/mol. The van der Waals surface area contributed by atoms with Gasteiger partial charge in [0.1, 0.15) is 0 Å². The van der Waals surface area contributed by atoms with Crippen molar-refractivity contribution in [1.29, 1.82) is 0 Å². The van der Waals surface area contributed by atoms with Gasteiger partial charge in [0.2, 0.25) is 0 Å². The minimum Gasteiger partial charge on any atom is -0.481 e. The minimum atomic E-state index is -0.624. The number of hydrogen-bond acceptors (Lipinski definition) is 2. The number of ether oxygens (including phenoxy) is 1. The lowest BCUT2D eigenvalue weighted by Gasteiger charge is -2.31. The highest BCUT2D eigenvalue weighted by atomic mass is 16.5. The molecule has 1 atom stereocenters. The van der Waals surface area contributed by atoms with Gasteiger partial charge in [0, 0.05) is 5.92 Å². The predicted molar refractivity (Wildman–Crippen MR) is 38.2 cm³/mol. The molecular formula is C8H12O3. The molecule has 2 rings (SSSR count). The topological polar surface area (TPSA) is 46.5 Å². The van der Waals surface area contributed by atoms with Crippen LogP contribution in [0.15, 0.2) is 0 Å². The van der Waals surface area contributed by atoms with Gasteiger partial charge in [-0.05, 0) is 18.8 Å². The maximum atomic E-state index is 10.8. The van der Waals surface area contributed by atoms with E-state index < -0.39 is 5.97 Å². The molecule has 2 aliphatic rings.